The van der Waals surface area contributed by atoms with Gasteiger partial charge in [-0.05, 0) is 38.2 Å². The summed E-state index contributed by atoms with van der Waals surface area (Å²) in [5, 5.41) is 3.22. The Morgan fingerprint density at radius 2 is 1.71 bits per heavy atom. The highest BCUT2D eigenvalue weighted by atomic mass is 15.2. The van der Waals surface area contributed by atoms with E-state index >= 15 is 0 Å². The maximum Gasteiger partial charge on any atom is 0.0383 e. The molecule has 1 aromatic rings. The van der Waals surface area contributed by atoms with Gasteiger partial charge in [-0.2, -0.15) is 0 Å². The molecule has 1 aliphatic rings. The van der Waals surface area contributed by atoms with Crippen molar-refractivity contribution in [1.29, 1.82) is 0 Å². The van der Waals surface area contributed by atoms with Crippen molar-refractivity contribution in [2.75, 3.05) is 43.4 Å². The van der Waals surface area contributed by atoms with Crippen molar-refractivity contribution in [3.63, 3.8) is 0 Å². The highest BCUT2D eigenvalue weighted by Gasteiger charge is 2.13. The molecule has 1 heterocycles. The first-order valence-electron chi connectivity index (χ1n) is 6.11. The van der Waals surface area contributed by atoms with Gasteiger partial charge in [-0.1, -0.05) is 6.58 Å². The Balaban J connectivity index is 2.00. The quantitative estimate of drug-likeness (QED) is 0.861. The van der Waals surface area contributed by atoms with Crippen LogP contribution in [-0.4, -0.2) is 38.1 Å². The molecule has 0 unspecified atom stereocenters. The number of piperazine rings is 1. The number of anilines is 2. The van der Waals surface area contributed by atoms with Gasteiger partial charge >= 0.3 is 0 Å². The number of benzene rings is 1. The van der Waals surface area contributed by atoms with Crippen molar-refractivity contribution in [1.82, 2.24) is 4.90 Å². The van der Waals surface area contributed by atoms with Gasteiger partial charge in [0.25, 0.3) is 0 Å². The molecule has 1 aromatic carbocycles. The van der Waals surface area contributed by atoms with E-state index in [1.165, 1.54) is 5.69 Å². The highest BCUT2D eigenvalue weighted by molar-refractivity contribution is 5.56. The van der Waals surface area contributed by atoms with E-state index in [1.807, 2.05) is 6.92 Å². The van der Waals surface area contributed by atoms with Gasteiger partial charge in [0.1, 0.15) is 0 Å². The van der Waals surface area contributed by atoms with Gasteiger partial charge in [-0.3, -0.25) is 0 Å². The van der Waals surface area contributed by atoms with Crippen LogP contribution in [0.5, 0.6) is 0 Å². The lowest BCUT2D eigenvalue weighted by atomic mass is 10.2. The molecule has 1 saturated heterocycles. The molecule has 1 fully saturated rings. The first-order chi connectivity index (χ1) is 8.15. The number of nitrogens with one attached hydrogen (secondary N) is 1. The lowest BCUT2D eigenvalue weighted by molar-refractivity contribution is 0.313. The van der Waals surface area contributed by atoms with Crippen LogP contribution in [0.25, 0.3) is 0 Å². The van der Waals surface area contributed by atoms with Crippen LogP contribution in [0.1, 0.15) is 6.92 Å². The number of hydrogen-bond acceptors (Lipinski definition) is 3. The number of likely N-dealkylation sites (N-methyl/N-ethyl adjacent to an activating group) is 1. The topological polar surface area (TPSA) is 18.5 Å². The Bertz CT molecular complexity index is 375. The summed E-state index contributed by atoms with van der Waals surface area (Å²) in [6.45, 7) is 10.3. The van der Waals surface area contributed by atoms with E-state index in [0.29, 0.717) is 0 Å². The molecule has 0 radical (unpaired) electrons. The van der Waals surface area contributed by atoms with Crippen molar-refractivity contribution >= 4 is 11.4 Å². The molecule has 0 bridgehead atoms. The molecule has 1 N–H and O–H groups in total. The minimum Gasteiger partial charge on any atom is -0.369 e. The largest absolute Gasteiger partial charge is 0.369 e. The second kappa shape index (κ2) is 5.23. The summed E-state index contributed by atoms with van der Waals surface area (Å²) >= 11 is 0. The zero-order valence-corrected chi connectivity index (χ0v) is 10.7. The van der Waals surface area contributed by atoms with Crippen molar-refractivity contribution in [2.24, 2.45) is 0 Å². The summed E-state index contributed by atoms with van der Waals surface area (Å²) in [6.07, 6.45) is 0. The summed E-state index contributed by atoms with van der Waals surface area (Å²) in [7, 11) is 2.18. The van der Waals surface area contributed by atoms with Crippen LogP contribution in [0, 0.1) is 0 Å². The molecule has 0 atom stereocenters. The standard InChI is InChI=1S/C14H21N3/c1-12(2)15-13-4-6-14(7-5-13)17-10-8-16(3)9-11-17/h4-7,15H,1,8-11H2,2-3H3. The molecular formula is C14H21N3. The summed E-state index contributed by atoms with van der Waals surface area (Å²) < 4.78 is 0. The third kappa shape index (κ3) is 3.24. The maximum atomic E-state index is 3.84. The number of nitrogens with zero attached hydrogens (tertiary/aromatic N) is 2. The van der Waals surface area contributed by atoms with Crippen molar-refractivity contribution in [2.45, 2.75) is 6.92 Å². The third-order valence-corrected chi connectivity index (χ3v) is 3.09. The van der Waals surface area contributed by atoms with Crippen LogP contribution in [0.2, 0.25) is 0 Å². The first-order valence-corrected chi connectivity index (χ1v) is 6.11. The zero-order valence-electron chi connectivity index (χ0n) is 10.7. The Labute approximate surface area is 104 Å². The van der Waals surface area contributed by atoms with Crippen LogP contribution >= 0.6 is 0 Å². The van der Waals surface area contributed by atoms with Crippen molar-refractivity contribution in [3.05, 3.63) is 36.5 Å². The minimum absolute atomic E-state index is 0.970. The summed E-state index contributed by atoms with van der Waals surface area (Å²) in [5.41, 5.74) is 3.39. The Kier molecular flexibility index (Phi) is 3.69. The van der Waals surface area contributed by atoms with E-state index in [4.69, 9.17) is 0 Å². The SMILES string of the molecule is C=C(C)Nc1ccc(N2CCN(C)CC2)cc1. The smallest absolute Gasteiger partial charge is 0.0383 e. The Morgan fingerprint density at radius 1 is 1.12 bits per heavy atom. The molecular weight excluding hydrogens is 210 g/mol. The Morgan fingerprint density at radius 3 is 2.24 bits per heavy atom. The third-order valence-electron chi connectivity index (χ3n) is 3.09. The molecule has 3 heteroatoms. The second-order valence-corrected chi connectivity index (χ2v) is 4.74. The number of allylic oxidation sites excluding steroid dienone is 1. The van der Waals surface area contributed by atoms with Gasteiger partial charge in [-0.25, -0.2) is 0 Å². The van der Waals surface area contributed by atoms with Crippen LogP contribution < -0.4 is 10.2 Å². The lowest BCUT2D eigenvalue weighted by Crippen LogP contribution is -2.44. The minimum atomic E-state index is 0.970. The fraction of sp³-hybridized carbons (Fsp3) is 0.429. The second-order valence-electron chi connectivity index (χ2n) is 4.74. The molecule has 2 rings (SSSR count). The van der Waals surface area contributed by atoms with Crippen LogP contribution in [-0.2, 0) is 0 Å². The van der Waals surface area contributed by atoms with Gasteiger partial charge < -0.3 is 15.1 Å². The predicted octanol–water partition coefficient (Wildman–Crippen LogP) is 2.38. The van der Waals surface area contributed by atoms with Crippen molar-refractivity contribution < 1.29 is 0 Å². The average Bonchev–Trinajstić information content (AvgIpc) is 2.30. The maximum absolute atomic E-state index is 3.84. The van der Waals surface area contributed by atoms with Gasteiger partial charge in [0.05, 0.1) is 0 Å². The van der Waals surface area contributed by atoms with E-state index in [1.54, 1.807) is 0 Å². The molecule has 17 heavy (non-hydrogen) atoms. The zero-order chi connectivity index (χ0) is 12.3. The fourth-order valence-electron chi connectivity index (χ4n) is 2.07. The van der Waals surface area contributed by atoms with Crippen molar-refractivity contribution in [3.8, 4) is 0 Å². The number of hydrogen-bond donors (Lipinski definition) is 1. The van der Waals surface area contributed by atoms with Gasteiger partial charge in [-0.15, -0.1) is 0 Å². The highest BCUT2D eigenvalue weighted by Crippen LogP contribution is 2.19. The molecule has 0 saturated carbocycles. The monoisotopic (exact) mass is 231 g/mol. The average molecular weight is 231 g/mol. The molecule has 0 aromatic heterocycles. The van der Waals surface area contributed by atoms with Crippen LogP contribution in [0.4, 0.5) is 11.4 Å². The molecule has 0 spiro atoms. The first kappa shape index (κ1) is 12.0. The molecule has 0 amide bonds. The normalized spacial score (nSPS) is 16.9. The van der Waals surface area contributed by atoms with Gasteiger partial charge in [0, 0.05) is 43.3 Å². The van der Waals surface area contributed by atoms with Crippen LogP contribution in [0.3, 0.4) is 0 Å². The molecule has 1 aliphatic heterocycles. The summed E-state index contributed by atoms with van der Waals surface area (Å²) in [5.74, 6) is 0. The molecule has 3 nitrogen and oxygen atoms in total. The van der Waals surface area contributed by atoms with E-state index in [-0.39, 0.29) is 0 Å². The van der Waals surface area contributed by atoms with Gasteiger partial charge in [0.2, 0.25) is 0 Å². The van der Waals surface area contributed by atoms with E-state index < -0.39 is 0 Å². The van der Waals surface area contributed by atoms with E-state index in [2.05, 4.69) is 53.0 Å². The number of rotatable bonds is 3. The molecule has 92 valence electrons. The predicted molar refractivity (Wildman–Crippen MR) is 74.6 cm³/mol. The lowest BCUT2D eigenvalue weighted by Gasteiger charge is -2.34. The summed E-state index contributed by atoms with van der Waals surface area (Å²) in [6, 6.07) is 8.58. The van der Waals surface area contributed by atoms with Gasteiger partial charge in [0.15, 0.2) is 0 Å². The van der Waals surface area contributed by atoms with E-state index in [9.17, 15) is 0 Å². The fourth-order valence-corrected chi connectivity index (χ4v) is 2.07. The van der Waals surface area contributed by atoms with E-state index in [0.717, 1.165) is 37.6 Å². The summed E-state index contributed by atoms with van der Waals surface area (Å²) in [4.78, 5) is 4.80. The van der Waals surface area contributed by atoms with Crippen LogP contribution in [0.15, 0.2) is 36.5 Å². The molecule has 0 aliphatic carbocycles. The Hall–Kier alpha value is -1.48.